The maximum Gasteiger partial charge on any atom is 0.315 e. The van der Waals surface area contributed by atoms with Crippen molar-refractivity contribution < 1.29 is 54.6 Å². The molecule has 2 unspecified atom stereocenters. The highest BCUT2D eigenvalue weighted by Crippen LogP contribution is 2.34. The molecular formula is C30H42N6O12S6. The third kappa shape index (κ3) is 11.6. The number of nitrogens with zero attached hydrogens (tertiary/aromatic N) is 3. The number of hydrogen-bond acceptors (Lipinski definition) is 16. The van der Waals surface area contributed by atoms with E-state index in [-0.39, 0.29) is 36.9 Å². The lowest BCUT2D eigenvalue weighted by atomic mass is 9.91. The van der Waals surface area contributed by atoms with Crippen molar-refractivity contribution in [3.63, 3.8) is 0 Å². The molecule has 3 aliphatic carbocycles. The Hall–Kier alpha value is -3.29. The number of ketones is 1. The van der Waals surface area contributed by atoms with Crippen LogP contribution < -0.4 is 14.2 Å². The summed E-state index contributed by atoms with van der Waals surface area (Å²) in [6.45, 7) is 6.22. The van der Waals surface area contributed by atoms with Crippen LogP contribution in [0.5, 0.6) is 0 Å². The summed E-state index contributed by atoms with van der Waals surface area (Å²) in [4.78, 5) is 45.5. The molecule has 3 aromatic rings. The SMILES string of the molecule is CC(C)(C(=O)O)c1csc(NS(=O)(=O)C2CC2)n1.CCC(C(=O)O)c1csc(NS(=O)(=O)C2CC2)n1.COC(C(C)=O)c1csc(NS(=O)(=O)C2CC2)n1. The van der Waals surface area contributed by atoms with E-state index in [1.807, 2.05) is 0 Å². The summed E-state index contributed by atoms with van der Waals surface area (Å²) in [5.74, 6) is -2.79. The Morgan fingerprint density at radius 3 is 1.50 bits per heavy atom. The standard InChI is InChI=1S/3C10H14N2O4S2/c1-10(2,8(13)14)7-5-17-9(11-7)12-18(15,16)6-3-4-6;1-6(13)9(16-2)8-5-17-10(11-8)12-18(14,15)7-3-4-7;1-2-7(9(13)14)8-5-17-10(11-8)12-18(15,16)6-3-4-6/h5-6H,3-4H2,1-2H3,(H,11,12)(H,13,14);5,7,9H,3-4H2,1-2H3,(H,11,12);5-7H,2-4H2,1H3,(H,11,12)(H,13,14). The van der Waals surface area contributed by atoms with Gasteiger partial charge in [0, 0.05) is 23.2 Å². The molecule has 0 aliphatic heterocycles. The highest BCUT2D eigenvalue weighted by atomic mass is 32.2. The third-order valence-electron chi connectivity index (χ3n) is 8.24. The number of nitrogens with one attached hydrogen (secondary N) is 3. The number of carboxylic acids is 2. The van der Waals surface area contributed by atoms with Crippen molar-refractivity contribution >= 4 is 97.2 Å². The fraction of sp³-hybridized carbons (Fsp3) is 0.600. The second-order valence-electron chi connectivity index (χ2n) is 13.2. The maximum atomic E-state index is 11.7. The number of thiazole rings is 3. The number of hydrogen-bond donors (Lipinski definition) is 5. The molecule has 0 saturated heterocycles. The van der Waals surface area contributed by atoms with Gasteiger partial charge in [-0.2, -0.15) is 0 Å². The van der Waals surface area contributed by atoms with Crippen LogP contribution in [0.15, 0.2) is 16.1 Å². The number of carbonyl (C=O) groups excluding carboxylic acids is 1. The first kappa shape index (κ1) is 43.4. The zero-order chi connectivity index (χ0) is 40.2. The first-order chi connectivity index (χ1) is 25.1. The van der Waals surface area contributed by atoms with E-state index in [1.165, 1.54) is 27.9 Å². The van der Waals surface area contributed by atoms with Crippen LogP contribution in [-0.2, 0) is 54.6 Å². The fourth-order valence-corrected chi connectivity index (χ4v) is 11.6. The summed E-state index contributed by atoms with van der Waals surface area (Å²) in [5, 5.41) is 22.7. The average Bonchev–Trinajstić information content (AvgIpc) is 3.98. The van der Waals surface area contributed by atoms with Crippen molar-refractivity contribution in [1.29, 1.82) is 0 Å². The number of sulfonamides is 3. The van der Waals surface area contributed by atoms with E-state index in [1.54, 1.807) is 23.1 Å². The zero-order valence-electron chi connectivity index (χ0n) is 29.8. The van der Waals surface area contributed by atoms with Crippen molar-refractivity contribution in [2.24, 2.45) is 0 Å². The van der Waals surface area contributed by atoms with Gasteiger partial charge in [-0.1, -0.05) is 6.92 Å². The summed E-state index contributed by atoms with van der Waals surface area (Å²) >= 11 is 3.37. The van der Waals surface area contributed by atoms with E-state index in [9.17, 15) is 39.6 Å². The lowest BCUT2D eigenvalue weighted by Crippen LogP contribution is -2.29. The van der Waals surface area contributed by atoms with Gasteiger partial charge in [0.25, 0.3) is 0 Å². The number of carbonyl (C=O) groups is 3. The number of ether oxygens (including phenoxy) is 1. The lowest BCUT2D eigenvalue weighted by Gasteiger charge is -2.15. The van der Waals surface area contributed by atoms with E-state index in [2.05, 4.69) is 29.1 Å². The molecule has 18 nitrogen and oxygen atoms in total. The largest absolute Gasteiger partial charge is 0.481 e. The molecule has 300 valence electrons. The van der Waals surface area contributed by atoms with Crippen LogP contribution in [0.1, 0.15) is 102 Å². The molecule has 3 fully saturated rings. The first-order valence-electron chi connectivity index (χ1n) is 16.5. The topological polar surface area (TPSA) is 278 Å². The minimum atomic E-state index is -3.34. The predicted molar refractivity (Wildman–Crippen MR) is 205 cm³/mol. The molecular weight excluding hydrogens is 829 g/mol. The molecule has 3 heterocycles. The van der Waals surface area contributed by atoms with Crippen LogP contribution in [0.2, 0.25) is 0 Å². The molecule has 0 amide bonds. The van der Waals surface area contributed by atoms with Gasteiger partial charge in [0.2, 0.25) is 30.1 Å². The summed E-state index contributed by atoms with van der Waals surface area (Å²) in [6, 6.07) is 0. The smallest absolute Gasteiger partial charge is 0.315 e. The Labute approximate surface area is 325 Å². The second kappa shape index (κ2) is 17.2. The zero-order valence-corrected chi connectivity index (χ0v) is 34.7. The Kier molecular flexibility index (Phi) is 13.9. The van der Waals surface area contributed by atoms with E-state index >= 15 is 0 Å². The monoisotopic (exact) mass is 870 g/mol. The number of carboxylic acid groups (broad SMARTS) is 2. The summed E-state index contributed by atoms with van der Waals surface area (Å²) in [7, 11) is -8.56. The van der Waals surface area contributed by atoms with Crippen LogP contribution in [0.25, 0.3) is 0 Å². The molecule has 24 heteroatoms. The molecule has 3 saturated carbocycles. The molecule has 0 aromatic carbocycles. The summed E-state index contributed by atoms with van der Waals surface area (Å²) < 4.78 is 82.4. The lowest BCUT2D eigenvalue weighted by molar-refractivity contribution is -0.142. The molecule has 54 heavy (non-hydrogen) atoms. The molecule has 3 aliphatic rings. The summed E-state index contributed by atoms with van der Waals surface area (Å²) in [5.41, 5.74) is 0.0697. The minimum Gasteiger partial charge on any atom is -0.481 e. The van der Waals surface area contributed by atoms with Gasteiger partial charge in [-0.25, -0.2) is 40.2 Å². The maximum absolute atomic E-state index is 11.7. The van der Waals surface area contributed by atoms with Crippen molar-refractivity contribution in [2.75, 3.05) is 21.3 Å². The predicted octanol–water partition coefficient (Wildman–Crippen LogP) is 4.36. The second-order valence-corrected chi connectivity index (χ2v) is 21.6. The number of anilines is 3. The molecule has 0 radical (unpaired) electrons. The van der Waals surface area contributed by atoms with Crippen LogP contribution >= 0.6 is 34.0 Å². The Bertz CT molecular complexity index is 2050. The number of Topliss-reactive ketones (excluding diaryl/α,β-unsaturated/α-hetero) is 1. The van der Waals surface area contributed by atoms with Gasteiger partial charge < -0.3 is 14.9 Å². The molecule has 0 spiro atoms. The van der Waals surface area contributed by atoms with Crippen molar-refractivity contribution in [3.05, 3.63) is 33.2 Å². The molecule has 0 bridgehead atoms. The fourth-order valence-electron chi connectivity index (χ4n) is 4.42. The Morgan fingerprint density at radius 2 is 1.15 bits per heavy atom. The minimum absolute atomic E-state index is 0.167. The van der Waals surface area contributed by atoms with Gasteiger partial charge in [-0.15, -0.1) is 34.0 Å². The highest BCUT2D eigenvalue weighted by Gasteiger charge is 2.39. The van der Waals surface area contributed by atoms with Gasteiger partial charge in [0.05, 0.1) is 38.7 Å². The van der Waals surface area contributed by atoms with E-state index < -0.39 is 59.4 Å². The van der Waals surface area contributed by atoms with E-state index in [0.717, 1.165) is 34.0 Å². The van der Waals surface area contributed by atoms with E-state index in [4.69, 9.17) is 14.9 Å². The average molecular weight is 871 g/mol. The van der Waals surface area contributed by atoms with Gasteiger partial charge in [-0.3, -0.25) is 28.5 Å². The normalized spacial score (nSPS) is 17.1. The van der Waals surface area contributed by atoms with Crippen LogP contribution in [0, 0.1) is 0 Å². The van der Waals surface area contributed by atoms with Crippen molar-refractivity contribution in [3.8, 4) is 0 Å². The van der Waals surface area contributed by atoms with Crippen LogP contribution in [0.3, 0.4) is 0 Å². The number of methoxy groups -OCH3 is 1. The van der Waals surface area contributed by atoms with Gasteiger partial charge in [-0.05, 0) is 65.7 Å². The van der Waals surface area contributed by atoms with Gasteiger partial charge >= 0.3 is 11.9 Å². The van der Waals surface area contributed by atoms with Gasteiger partial charge in [0.15, 0.2) is 27.3 Å². The number of aliphatic carboxylic acids is 2. The quantitative estimate of drug-likeness (QED) is 0.126. The van der Waals surface area contributed by atoms with Crippen molar-refractivity contribution in [2.45, 2.75) is 106 Å². The number of rotatable bonds is 17. The third-order valence-corrected chi connectivity index (χ3v) is 16.4. The molecule has 3 aromatic heterocycles. The Balaban J connectivity index is 0.000000180. The molecule has 2 atom stereocenters. The van der Waals surface area contributed by atoms with Gasteiger partial charge in [0.1, 0.15) is 5.41 Å². The highest BCUT2D eigenvalue weighted by molar-refractivity contribution is 7.94. The molecule has 5 N–H and O–H groups in total. The Morgan fingerprint density at radius 1 is 0.759 bits per heavy atom. The van der Waals surface area contributed by atoms with Crippen LogP contribution in [-0.4, -0.2) is 91.0 Å². The number of aromatic nitrogens is 3. The van der Waals surface area contributed by atoms with E-state index in [0.29, 0.717) is 62.0 Å². The van der Waals surface area contributed by atoms with Crippen molar-refractivity contribution in [1.82, 2.24) is 15.0 Å². The summed E-state index contributed by atoms with van der Waals surface area (Å²) in [6.07, 6.45) is 3.79. The first-order valence-corrected chi connectivity index (χ1v) is 23.8. The van der Waals surface area contributed by atoms with Crippen LogP contribution in [0.4, 0.5) is 15.4 Å². The molecule has 6 rings (SSSR count).